The maximum absolute atomic E-state index is 12.4. The summed E-state index contributed by atoms with van der Waals surface area (Å²) in [4.78, 5) is 16.9. The number of halogens is 1. The third-order valence-electron chi connectivity index (χ3n) is 3.30. The van der Waals surface area contributed by atoms with Gasteiger partial charge in [0, 0.05) is 4.47 Å². The van der Waals surface area contributed by atoms with Crippen LogP contribution in [0.2, 0.25) is 0 Å². The van der Waals surface area contributed by atoms with Crippen LogP contribution in [0.25, 0.3) is 10.2 Å². The molecule has 1 amide bonds. The minimum atomic E-state index is -0.343. The summed E-state index contributed by atoms with van der Waals surface area (Å²) in [5.41, 5.74) is 6.68. The fourth-order valence-electron chi connectivity index (χ4n) is 2.21. The van der Waals surface area contributed by atoms with E-state index in [0.717, 1.165) is 14.7 Å². The smallest absolute Gasteiger partial charge is 0.273 e. The highest BCUT2D eigenvalue weighted by Crippen LogP contribution is 2.32. The van der Waals surface area contributed by atoms with Crippen LogP contribution in [0.5, 0.6) is 11.5 Å². The molecule has 1 aromatic heterocycles. The number of aromatic nitrogens is 1. The van der Waals surface area contributed by atoms with Gasteiger partial charge in [-0.15, -0.1) is 0 Å². The number of hydrogen-bond acceptors (Lipinski definition) is 6. The first-order chi connectivity index (χ1) is 11.6. The van der Waals surface area contributed by atoms with Gasteiger partial charge in [-0.1, -0.05) is 23.5 Å². The van der Waals surface area contributed by atoms with Gasteiger partial charge in [-0.3, -0.25) is 15.6 Å². The van der Waals surface area contributed by atoms with Crippen LogP contribution in [0, 0.1) is 0 Å². The molecule has 0 fully saturated rings. The number of nitrogens with one attached hydrogen (secondary N) is 2. The van der Waals surface area contributed by atoms with Crippen LogP contribution < -0.4 is 20.3 Å². The number of hydrogen-bond donors (Lipinski definition) is 2. The second-order valence-corrected chi connectivity index (χ2v) is 6.61. The lowest BCUT2D eigenvalue weighted by Gasteiger charge is -2.12. The summed E-state index contributed by atoms with van der Waals surface area (Å²) in [7, 11) is 3.02. The monoisotopic (exact) mass is 407 g/mol. The number of hydrazine groups is 1. The average molecular weight is 408 g/mol. The van der Waals surface area contributed by atoms with Gasteiger partial charge in [-0.05, 0) is 40.2 Å². The molecule has 0 radical (unpaired) electrons. The molecule has 0 bridgehead atoms. The van der Waals surface area contributed by atoms with Crippen molar-refractivity contribution in [3.8, 4) is 11.5 Å². The lowest BCUT2D eigenvalue weighted by atomic mass is 10.2. The maximum atomic E-state index is 12.4. The molecule has 3 rings (SSSR count). The van der Waals surface area contributed by atoms with Crippen LogP contribution in [-0.4, -0.2) is 25.1 Å². The fourth-order valence-corrected chi connectivity index (χ4v) is 3.64. The van der Waals surface area contributed by atoms with Gasteiger partial charge in [0.1, 0.15) is 0 Å². The Kier molecular flexibility index (Phi) is 4.86. The largest absolute Gasteiger partial charge is 0.493 e. The maximum Gasteiger partial charge on any atom is 0.273 e. The van der Waals surface area contributed by atoms with E-state index in [0.29, 0.717) is 22.2 Å². The summed E-state index contributed by atoms with van der Waals surface area (Å²) in [6, 6.07) is 10.9. The van der Waals surface area contributed by atoms with Gasteiger partial charge >= 0.3 is 0 Å². The van der Waals surface area contributed by atoms with E-state index < -0.39 is 0 Å². The number of amides is 1. The first-order valence-corrected chi connectivity index (χ1v) is 8.57. The molecular formula is C16H14BrN3O3S. The van der Waals surface area contributed by atoms with Gasteiger partial charge in [0.2, 0.25) is 5.13 Å². The molecule has 0 unspecified atom stereocenters. The van der Waals surface area contributed by atoms with Crippen molar-refractivity contribution in [2.45, 2.75) is 0 Å². The fraction of sp³-hybridized carbons (Fsp3) is 0.125. The van der Waals surface area contributed by atoms with Crippen LogP contribution in [0.3, 0.4) is 0 Å². The third-order valence-corrected chi connectivity index (χ3v) is 4.88. The van der Waals surface area contributed by atoms with Crippen molar-refractivity contribution < 1.29 is 14.3 Å². The number of fused-ring (bicyclic) bond motifs is 1. The molecule has 0 spiro atoms. The standard InChI is InChI=1S/C16H14BrN3O3S/c1-22-11-7-3-5-9(14(11)23-2)15(21)19-20-16-18-13-10(17)6-4-8-12(13)24-16/h3-8H,1-2H3,(H,18,20)(H,19,21). The van der Waals surface area contributed by atoms with E-state index in [9.17, 15) is 4.79 Å². The number of methoxy groups -OCH3 is 2. The summed E-state index contributed by atoms with van der Waals surface area (Å²) in [5, 5.41) is 0.590. The van der Waals surface area contributed by atoms with Gasteiger partial charge in [-0.25, -0.2) is 4.98 Å². The van der Waals surface area contributed by atoms with Crippen molar-refractivity contribution in [3.05, 3.63) is 46.4 Å². The number of thiazole rings is 1. The molecule has 0 saturated carbocycles. The van der Waals surface area contributed by atoms with Crippen molar-refractivity contribution >= 4 is 48.5 Å². The molecule has 0 aliphatic rings. The zero-order valence-electron chi connectivity index (χ0n) is 12.9. The SMILES string of the molecule is COc1cccc(C(=O)NNc2nc3c(Br)cccc3s2)c1OC. The van der Waals surface area contributed by atoms with Crippen LogP contribution >= 0.6 is 27.3 Å². The van der Waals surface area contributed by atoms with Crippen molar-refractivity contribution in [1.82, 2.24) is 10.4 Å². The lowest BCUT2D eigenvalue weighted by molar-refractivity contribution is 0.0959. The summed E-state index contributed by atoms with van der Waals surface area (Å²) in [6.07, 6.45) is 0. The van der Waals surface area contributed by atoms with Crippen LogP contribution in [-0.2, 0) is 0 Å². The zero-order valence-corrected chi connectivity index (χ0v) is 15.3. The minimum Gasteiger partial charge on any atom is -0.493 e. The molecule has 124 valence electrons. The Balaban J connectivity index is 1.79. The highest BCUT2D eigenvalue weighted by molar-refractivity contribution is 9.10. The van der Waals surface area contributed by atoms with E-state index in [1.54, 1.807) is 18.2 Å². The average Bonchev–Trinajstić information content (AvgIpc) is 3.03. The quantitative estimate of drug-likeness (QED) is 0.628. The zero-order chi connectivity index (χ0) is 17.1. The molecular weight excluding hydrogens is 394 g/mol. The Hall–Kier alpha value is -2.32. The molecule has 0 saturated heterocycles. The first kappa shape index (κ1) is 16.5. The highest BCUT2D eigenvalue weighted by Gasteiger charge is 2.16. The second-order valence-electron chi connectivity index (χ2n) is 4.73. The Bertz CT molecular complexity index is 897. The van der Waals surface area contributed by atoms with Crippen molar-refractivity contribution in [2.75, 3.05) is 19.6 Å². The molecule has 24 heavy (non-hydrogen) atoms. The summed E-state index contributed by atoms with van der Waals surface area (Å²) >= 11 is 4.90. The number of rotatable bonds is 5. The van der Waals surface area contributed by atoms with E-state index in [1.165, 1.54) is 25.6 Å². The van der Waals surface area contributed by atoms with E-state index in [1.807, 2.05) is 18.2 Å². The summed E-state index contributed by atoms with van der Waals surface area (Å²) in [6.45, 7) is 0. The molecule has 1 heterocycles. The topological polar surface area (TPSA) is 72.5 Å². The molecule has 8 heteroatoms. The number of benzene rings is 2. The lowest BCUT2D eigenvalue weighted by Crippen LogP contribution is -2.29. The summed E-state index contributed by atoms with van der Waals surface area (Å²) in [5.74, 6) is 0.532. The first-order valence-electron chi connectivity index (χ1n) is 6.96. The molecule has 6 nitrogen and oxygen atoms in total. The molecule has 2 aromatic carbocycles. The molecule has 0 atom stereocenters. The number of para-hydroxylation sites is 2. The summed E-state index contributed by atoms with van der Waals surface area (Å²) < 4.78 is 12.4. The number of ether oxygens (including phenoxy) is 2. The Morgan fingerprint density at radius 3 is 2.67 bits per heavy atom. The van der Waals surface area contributed by atoms with Gasteiger partial charge in [0.05, 0.1) is 30.0 Å². The van der Waals surface area contributed by atoms with Crippen LogP contribution in [0.15, 0.2) is 40.9 Å². The molecule has 3 aromatic rings. The number of nitrogens with zero attached hydrogens (tertiary/aromatic N) is 1. The predicted octanol–water partition coefficient (Wildman–Crippen LogP) is 3.83. The van der Waals surface area contributed by atoms with Crippen molar-refractivity contribution in [2.24, 2.45) is 0 Å². The molecule has 0 aliphatic carbocycles. The minimum absolute atomic E-state index is 0.343. The normalized spacial score (nSPS) is 10.5. The highest BCUT2D eigenvalue weighted by atomic mass is 79.9. The van der Waals surface area contributed by atoms with Gasteiger partial charge in [0.15, 0.2) is 11.5 Å². The number of carbonyl (C=O) groups is 1. The number of anilines is 1. The third kappa shape index (κ3) is 3.15. The Morgan fingerprint density at radius 2 is 1.96 bits per heavy atom. The van der Waals surface area contributed by atoms with Crippen LogP contribution in [0.4, 0.5) is 5.13 Å². The Labute approximate surface area is 150 Å². The van der Waals surface area contributed by atoms with Crippen molar-refractivity contribution in [1.29, 1.82) is 0 Å². The van der Waals surface area contributed by atoms with Crippen LogP contribution in [0.1, 0.15) is 10.4 Å². The van der Waals surface area contributed by atoms with E-state index in [2.05, 4.69) is 31.8 Å². The van der Waals surface area contributed by atoms with E-state index in [4.69, 9.17) is 9.47 Å². The van der Waals surface area contributed by atoms with Gasteiger partial charge in [-0.2, -0.15) is 0 Å². The molecule has 0 aliphatic heterocycles. The van der Waals surface area contributed by atoms with Gasteiger partial charge < -0.3 is 9.47 Å². The molecule has 2 N–H and O–H groups in total. The van der Waals surface area contributed by atoms with Gasteiger partial charge in [0.25, 0.3) is 5.91 Å². The second kappa shape index (κ2) is 7.06. The predicted molar refractivity (Wildman–Crippen MR) is 98.0 cm³/mol. The number of carbonyl (C=O) groups excluding carboxylic acids is 1. The van der Waals surface area contributed by atoms with Crippen molar-refractivity contribution in [3.63, 3.8) is 0 Å². The van der Waals surface area contributed by atoms with E-state index >= 15 is 0 Å². The Morgan fingerprint density at radius 1 is 1.17 bits per heavy atom. The van der Waals surface area contributed by atoms with E-state index in [-0.39, 0.29) is 5.91 Å².